The molecule has 1 atom stereocenters. The molecule has 1 aliphatic carbocycles. The molecule has 0 amide bonds. The summed E-state index contributed by atoms with van der Waals surface area (Å²) < 4.78 is 0. The minimum atomic E-state index is 0.681. The normalized spacial score (nSPS) is 18.0. The van der Waals surface area contributed by atoms with Gasteiger partial charge in [0.1, 0.15) is 0 Å². The van der Waals surface area contributed by atoms with Crippen molar-refractivity contribution >= 4 is 0 Å². The highest BCUT2D eigenvalue weighted by Gasteiger charge is 2.27. The molecule has 1 fully saturated rings. The van der Waals surface area contributed by atoms with Gasteiger partial charge in [-0.2, -0.15) is 0 Å². The molecule has 1 aliphatic rings. The fraction of sp³-hybridized carbons (Fsp3) is 1.00. The zero-order chi connectivity index (χ0) is 12.7. The molecule has 102 valence electrons. The van der Waals surface area contributed by atoms with E-state index in [1.54, 1.807) is 0 Å². The van der Waals surface area contributed by atoms with Gasteiger partial charge in [0.15, 0.2) is 0 Å². The second kappa shape index (κ2) is 8.10. The summed E-state index contributed by atoms with van der Waals surface area (Å²) in [6.07, 6.45) is 6.82. The van der Waals surface area contributed by atoms with Crippen molar-refractivity contribution < 1.29 is 0 Å². The van der Waals surface area contributed by atoms with Crippen LogP contribution in [0.25, 0.3) is 0 Å². The molecule has 0 aliphatic heterocycles. The first-order chi connectivity index (χ1) is 8.13. The van der Waals surface area contributed by atoms with E-state index in [0.29, 0.717) is 6.04 Å². The lowest BCUT2D eigenvalue weighted by Gasteiger charge is -2.23. The van der Waals surface area contributed by atoms with Crippen molar-refractivity contribution in [3.63, 3.8) is 0 Å². The Labute approximate surface area is 108 Å². The summed E-state index contributed by atoms with van der Waals surface area (Å²) in [5, 5.41) is 3.67. The number of hydrogen-bond acceptors (Lipinski definition) is 2. The van der Waals surface area contributed by atoms with Crippen molar-refractivity contribution in [1.29, 1.82) is 0 Å². The van der Waals surface area contributed by atoms with Gasteiger partial charge in [-0.15, -0.1) is 0 Å². The van der Waals surface area contributed by atoms with Crippen LogP contribution in [0.3, 0.4) is 0 Å². The Balaban J connectivity index is 2.04. The molecule has 1 saturated carbocycles. The van der Waals surface area contributed by atoms with E-state index in [1.165, 1.54) is 45.2 Å². The highest BCUT2D eigenvalue weighted by atomic mass is 15.2. The molecule has 0 aromatic carbocycles. The van der Waals surface area contributed by atoms with Gasteiger partial charge < -0.3 is 5.32 Å². The Bertz CT molecular complexity index is 187. The van der Waals surface area contributed by atoms with Crippen LogP contribution < -0.4 is 5.32 Å². The Kier molecular flexibility index (Phi) is 7.14. The van der Waals surface area contributed by atoms with Crippen LogP contribution >= 0.6 is 0 Å². The molecule has 0 radical (unpaired) electrons. The maximum atomic E-state index is 3.67. The molecule has 1 N–H and O–H groups in total. The van der Waals surface area contributed by atoms with Crippen molar-refractivity contribution in [2.24, 2.45) is 5.92 Å². The van der Waals surface area contributed by atoms with E-state index in [0.717, 1.165) is 18.5 Å². The van der Waals surface area contributed by atoms with Gasteiger partial charge in [-0.1, -0.05) is 20.8 Å². The standard InChI is InChI=1S/C15H32N2/c1-5-11-17(15-8-9-15)12-10-16-14(4)7-6-13(2)3/h13-16H,5-12H2,1-4H3. The van der Waals surface area contributed by atoms with Gasteiger partial charge in [0.25, 0.3) is 0 Å². The molecule has 0 saturated heterocycles. The number of hydrogen-bond donors (Lipinski definition) is 1. The number of rotatable bonds is 10. The minimum Gasteiger partial charge on any atom is -0.313 e. The third-order valence-corrected chi connectivity index (χ3v) is 3.64. The van der Waals surface area contributed by atoms with E-state index in [1.807, 2.05) is 0 Å². The minimum absolute atomic E-state index is 0.681. The Morgan fingerprint density at radius 1 is 1.12 bits per heavy atom. The zero-order valence-electron chi connectivity index (χ0n) is 12.3. The summed E-state index contributed by atoms with van der Waals surface area (Å²) >= 11 is 0. The number of nitrogens with zero attached hydrogens (tertiary/aromatic N) is 1. The molecule has 1 unspecified atom stereocenters. The fourth-order valence-electron chi connectivity index (χ4n) is 2.34. The van der Waals surface area contributed by atoms with Crippen LogP contribution in [0.15, 0.2) is 0 Å². The summed E-state index contributed by atoms with van der Waals surface area (Å²) in [5.74, 6) is 0.835. The zero-order valence-corrected chi connectivity index (χ0v) is 12.3. The Morgan fingerprint density at radius 2 is 1.82 bits per heavy atom. The van der Waals surface area contributed by atoms with Gasteiger partial charge in [0.05, 0.1) is 0 Å². The predicted octanol–water partition coefficient (Wildman–Crippen LogP) is 3.28. The maximum absolute atomic E-state index is 3.67. The van der Waals surface area contributed by atoms with E-state index < -0.39 is 0 Å². The van der Waals surface area contributed by atoms with Crippen LogP contribution in [0.2, 0.25) is 0 Å². The molecular weight excluding hydrogens is 208 g/mol. The highest BCUT2D eigenvalue weighted by Crippen LogP contribution is 2.26. The molecule has 17 heavy (non-hydrogen) atoms. The largest absolute Gasteiger partial charge is 0.313 e. The quantitative estimate of drug-likeness (QED) is 0.630. The monoisotopic (exact) mass is 240 g/mol. The third-order valence-electron chi connectivity index (χ3n) is 3.64. The second-order valence-corrected chi connectivity index (χ2v) is 6.09. The van der Waals surface area contributed by atoms with Crippen LogP contribution in [-0.2, 0) is 0 Å². The molecular formula is C15H32N2. The SMILES string of the molecule is CCCN(CCNC(C)CCC(C)C)C1CC1. The molecule has 2 nitrogen and oxygen atoms in total. The predicted molar refractivity (Wildman–Crippen MR) is 76.4 cm³/mol. The summed E-state index contributed by atoms with van der Waals surface area (Å²) in [6, 6.07) is 1.60. The van der Waals surface area contributed by atoms with E-state index in [9.17, 15) is 0 Å². The van der Waals surface area contributed by atoms with Gasteiger partial charge >= 0.3 is 0 Å². The molecule has 0 aromatic heterocycles. The molecule has 0 heterocycles. The molecule has 0 aromatic rings. The van der Waals surface area contributed by atoms with Gasteiger partial charge in [-0.3, -0.25) is 4.90 Å². The van der Waals surface area contributed by atoms with E-state index in [4.69, 9.17) is 0 Å². The van der Waals surface area contributed by atoms with Gasteiger partial charge in [-0.05, 0) is 51.5 Å². The van der Waals surface area contributed by atoms with Crippen molar-refractivity contribution in [2.45, 2.75) is 71.9 Å². The van der Waals surface area contributed by atoms with Crippen LogP contribution in [0.1, 0.15) is 59.8 Å². The van der Waals surface area contributed by atoms with E-state index in [-0.39, 0.29) is 0 Å². The first kappa shape index (κ1) is 15.0. The van der Waals surface area contributed by atoms with Crippen LogP contribution in [0.5, 0.6) is 0 Å². The van der Waals surface area contributed by atoms with E-state index >= 15 is 0 Å². The second-order valence-electron chi connectivity index (χ2n) is 6.09. The summed E-state index contributed by atoms with van der Waals surface area (Å²) in [6.45, 7) is 12.9. The number of nitrogens with one attached hydrogen (secondary N) is 1. The average molecular weight is 240 g/mol. The van der Waals surface area contributed by atoms with Crippen molar-refractivity contribution in [3.05, 3.63) is 0 Å². The first-order valence-corrected chi connectivity index (χ1v) is 7.61. The van der Waals surface area contributed by atoms with Gasteiger partial charge in [0, 0.05) is 25.2 Å². The maximum Gasteiger partial charge on any atom is 0.0110 e. The molecule has 1 rings (SSSR count). The van der Waals surface area contributed by atoms with Crippen LogP contribution in [0.4, 0.5) is 0 Å². The smallest absolute Gasteiger partial charge is 0.0110 e. The molecule has 2 heteroatoms. The van der Waals surface area contributed by atoms with Crippen LogP contribution in [0, 0.1) is 5.92 Å². The van der Waals surface area contributed by atoms with Crippen molar-refractivity contribution in [3.8, 4) is 0 Å². The summed E-state index contributed by atoms with van der Waals surface area (Å²) in [4.78, 5) is 2.67. The lowest BCUT2D eigenvalue weighted by atomic mass is 10.0. The Morgan fingerprint density at radius 3 is 2.35 bits per heavy atom. The van der Waals surface area contributed by atoms with Gasteiger partial charge in [-0.25, -0.2) is 0 Å². The third kappa shape index (κ3) is 7.05. The molecule has 0 spiro atoms. The summed E-state index contributed by atoms with van der Waals surface area (Å²) in [7, 11) is 0. The lowest BCUT2D eigenvalue weighted by Crippen LogP contribution is -2.37. The Hall–Kier alpha value is -0.0800. The van der Waals surface area contributed by atoms with E-state index in [2.05, 4.69) is 37.9 Å². The van der Waals surface area contributed by atoms with Crippen LogP contribution in [-0.4, -0.2) is 36.6 Å². The lowest BCUT2D eigenvalue weighted by molar-refractivity contribution is 0.258. The topological polar surface area (TPSA) is 15.3 Å². The van der Waals surface area contributed by atoms with Crippen molar-refractivity contribution in [2.75, 3.05) is 19.6 Å². The van der Waals surface area contributed by atoms with Gasteiger partial charge in [0.2, 0.25) is 0 Å². The summed E-state index contributed by atoms with van der Waals surface area (Å²) in [5.41, 5.74) is 0. The average Bonchev–Trinajstić information content (AvgIpc) is 3.09. The highest BCUT2D eigenvalue weighted by molar-refractivity contribution is 4.84. The fourth-order valence-corrected chi connectivity index (χ4v) is 2.34. The van der Waals surface area contributed by atoms with Crippen molar-refractivity contribution in [1.82, 2.24) is 10.2 Å². The molecule has 0 bridgehead atoms. The first-order valence-electron chi connectivity index (χ1n) is 7.61.